The third-order valence-corrected chi connectivity index (χ3v) is 2.85. The van der Waals surface area contributed by atoms with Gasteiger partial charge < -0.3 is 24.9 Å². The normalized spacial score (nSPS) is 22.2. The number of nitrogens with one attached hydrogen (secondary N) is 1. The molecule has 1 unspecified atom stereocenters. The predicted octanol–water partition coefficient (Wildman–Crippen LogP) is 0.474. The Kier molecular flexibility index (Phi) is 3.72. The first-order valence-corrected chi connectivity index (χ1v) is 6.06. The molecule has 1 aromatic rings. The van der Waals surface area contributed by atoms with Crippen LogP contribution in [-0.2, 0) is 11.8 Å². The number of nitro groups is 1. The summed E-state index contributed by atoms with van der Waals surface area (Å²) in [5.41, 5.74) is -0.259. The van der Waals surface area contributed by atoms with E-state index in [0.29, 0.717) is 6.54 Å². The zero-order valence-electron chi connectivity index (χ0n) is 11.3. The fourth-order valence-corrected chi connectivity index (χ4v) is 2.03. The maximum atomic E-state index is 10.8. The van der Waals surface area contributed by atoms with E-state index in [1.54, 1.807) is 7.05 Å². The molecule has 0 spiro atoms. The quantitative estimate of drug-likeness (QED) is 0.632. The third-order valence-electron chi connectivity index (χ3n) is 2.85. The lowest BCUT2D eigenvalue weighted by Gasteiger charge is -2.36. The maximum absolute atomic E-state index is 10.8. The molecule has 0 aliphatic carbocycles. The Bertz CT molecular complexity index is 471. The second-order valence-electron chi connectivity index (χ2n) is 5.18. The summed E-state index contributed by atoms with van der Waals surface area (Å²) in [7, 11) is 1.65. The highest BCUT2D eigenvalue weighted by Gasteiger charge is 2.30. The standard InChI is InChI=1S/C11H18N4O4/c1-11(2)6-12-4-8(19-11)5-18-10-9(15(16)17)13-7-14(10)3/h7-8,12H,4-6H2,1-3H3. The van der Waals surface area contributed by atoms with Gasteiger partial charge in [0.2, 0.25) is 6.33 Å². The van der Waals surface area contributed by atoms with Gasteiger partial charge in [0.05, 0.1) is 5.60 Å². The van der Waals surface area contributed by atoms with Crippen LogP contribution < -0.4 is 10.1 Å². The highest BCUT2D eigenvalue weighted by Crippen LogP contribution is 2.24. The molecule has 1 N–H and O–H groups in total. The van der Waals surface area contributed by atoms with Crippen molar-refractivity contribution in [2.24, 2.45) is 7.05 Å². The Morgan fingerprint density at radius 3 is 3.11 bits per heavy atom. The summed E-state index contributed by atoms with van der Waals surface area (Å²) < 4.78 is 12.8. The molecule has 1 atom stereocenters. The minimum Gasteiger partial charge on any atom is -0.470 e. The molecule has 2 heterocycles. The van der Waals surface area contributed by atoms with Gasteiger partial charge in [0.1, 0.15) is 12.7 Å². The van der Waals surface area contributed by atoms with Crippen LogP contribution >= 0.6 is 0 Å². The van der Waals surface area contributed by atoms with Crippen LogP contribution in [0.4, 0.5) is 5.82 Å². The molecule has 8 nitrogen and oxygen atoms in total. The summed E-state index contributed by atoms with van der Waals surface area (Å²) in [6, 6.07) is 0. The molecule has 1 saturated heterocycles. The number of aryl methyl sites for hydroxylation is 1. The van der Waals surface area contributed by atoms with Gasteiger partial charge in [0, 0.05) is 20.1 Å². The van der Waals surface area contributed by atoms with E-state index in [0.717, 1.165) is 6.54 Å². The van der Waals surface area contributed by atoms with Crippen LogP contribution in [0.25, 0.3) is 0 Å². The summed E-state index contributed by atoms with van der Waals surface area (Å²) in [6.07, 6.45) is 1.22. The van der Waals surface area contributed by atoms with Crippen LogP contribution in [0.15, 0.2) is 6.33 Å². The van der Waals surface area contributed by atoms with Crippen LogP contribution in [-0.4, -0.2) is 45.9 Å². The summed E-state index contributed by atoms with van der Waals surface area (Å²) >= 11 is 0. The molecule has 0 amide bonds. The number of rotatable bonds is 4. The molecule has 1 aliphatic rings. The number of imidazole rings is 1. The van der Waals surface area contributed by atoms with Gasteiger partial charge in [-0.3, -0.25) is 4.57 Å². The van der Waals surface area contributed by atoms with Gasteiger partial charge in [-0.25, -0.2) is 0 Å². The fourth-order valence-electron chi connectivity index (χ4n) is 2.03. The lowest BCUT2D eigenvalue weighted by Crippen LogP contribution is -2.52. The van der Waals surface area contributed by atoms with Crippen molar-refractivity contribution < 1.29 is 14.4 Å². The van der Waals surface area contributed by atoms with Crippen molar-refractivity contribution in [1.82, 2.24) is 14.9 Å². The smallest absolute Gasteiger partial charge is 0.426 e. The van der Waals surface area contributed by atoms with Crippen molar-refractivity contribution in [2.45, 2.75) is 25.6 Å². The van der Waals surface area contributed by atoms with E-state index in [9.17, 15) is 10.1 Å². The van der Waals surface area contributed by atoms with Gasteiger partial charge in [0.15, 0.2) is 0 Å². The molecule has 106 valence electrons. The SMILES string of the molecule is Cn1cnc([N+](=O)[O-])c1OCC1CNCC(C)(C)O1. The number of hydrogen-bond donors (Lipinski definition) is 1. The van der Waals surface area contributed by atoms with Gasteiger partial charge in [0.25, 0.3) is 5.88 Å². The van der Waals surface area contributed by atoms with E-state index in [2.05, 4.69) is 10.3 Å². The summed E-state index contributed by atoms with van der Waals surface area (Å²) in [5, 5.41) is 14.0. The lowest BCUT2D eigenvalue weighted by molar-refractivity contribution is -0.390. The minimum absolute atomic E-state index is 0.141. The molecule has 0 aromatic carbocycles. The molecule has 8 heteroatoms. The molecule has 1 aliphatic heterocycles. The van der Waals surface area contributed by atoms with Crippen molar-refractivity contribution in [2.75, 3.05) is 19.7 Å². The molecule has 0 radical (unpaired) electrons. The number of ether oxygens (including phenoxy) is 2. The van der Waals surface area contributed by atoms with Crippen molar-refractivity contribution in [3.05, 3.63) is 16.4 Å². The van der Waals surface area contributed by atoms with Gasteiger partial charge in [-0.1, -0.05) is 0 Å². The molecule has 1 fully saturated rings. The number of aromatic nitrogens is 2. The Labute approximate surface area is 110 Å². The first-order valence-electron chi connectivity index (χ1n) is 6.06. The second kappa shape index (κ2) is 5.14. The molecular weight excluding hydrogens is 252 g/mol. The topological polar surface area (TPSA) is 91.5 Å². The predicted molar refractivity (Wildman–Crippen MR) is 67.2 cm³/mol. The average Bonchev–Trinajstić information content (AvgIpc) is 2.67. The average molecular weight is 270 g/mol. The second-order valence-corrected chi connectivity index (χ2v) is 5.18. The number of hydrogen-bond acceptors (Lipinski definition) is 6. The van der Waals surface area contributed by atoms with Gasteiger partial charge in [-0.2, -0.15) is 0 Å². The molecule has 0 bridgehead atoms. The highest BCUT2D eigenvalue weighted by molar-refractivity contribution is 5.33. The summed E-state index contributed by atoms with van der Waals surface area (Å²) in [4.78, 5) is 13.9. The number of morpholine rings is 1. The van der Waals surface area contributed by atoms with Crippen molar-refractivity contribution in [3.8, 4) is 5.88 Å². The monoisotopic (exact) mass is 270 g/mol. The largest absolute Gasteiger partial charge is 0.470 e. The van der Waals surface area contributed by atoms with Crippen LogP contribution in [0.5, 0.6) is 5.88 Å². The maximum Gasteiger partial charge on any atom is 0.426 e. The molecule has 19 heavy (non-hydrogen) atoms. The molecule has 0 saturated carbocycles. The van der Waals surface area contributed by atoms with E-state index in [1.165, 1.54) is 10.9 Å². The van der Waals surface area contributed by atoms with Crippen LogP contribution in [0.2, 0.25) is 0 Å². The Morgan fingerprint density at radius 1 is 1.74 bits per heavy atom. The van der Waals surface area contributed by atoms with Gasteiger partial charge >= 0.3 is 5.82 Å². The Balaban J connectivity index is 1.99. The van der Waals surface area contributed by atoms with Crippen molar-refractivity contribution >= 4 is 5.82 Å². The van der Waals surface area contributed by atoms with Gasteiger partial charge in [-0.15, -0.1) is 0 Å². The van der Waals surface area contributed by atoms with Crippen molar-refractivity contribution in [1.29, 1.82) is 0 Å². The van der Waals surface area contributed by atoms with Crippen molar-refractivity contribution in [3.63, 3.8) is 0 Å². The lowest BCUT2D eigenvalue weighted by atomic mass is 10.1. The highest BCUT2D eigenvalue weighted by atomic mass is 16.6. The molecule has 1 aromatic heterocycles. The van der Waals surface area contributed by atoms with E-state index in [4.69, 9.17) is 9.47 Å². The molecule has 2 rings (SSSR count). The van der Waals surface area contributed by atoms with E-state index >= 15 is 0 Å². The van der Waals surface area contributed by atoms with Crippen LogP contribution in [0.3, 0.4) is 0 Å². The van der Waals surface area contributed by atoms with E-state index < -0.39 is 4.92 Å². The van der Waals surface area contributed by atoms with E-state index in [-0.39, 0.29) is 30.0 Å². The zero-order chi connectivity index (χ0) is 14.0. The molecular formula is C11H18N4O4. The van der Waals surface area contributed by atoms with E-state index in [1.807, 2.05) is 13.8 Å². The summed E-state index contributed by atoms with van der Waals surface area (Å²) in [5.74, 6) is -0.123. The first kappa shape index (κ1) is 13.8. The fraction of sp³-hybridized carbons (Fsp3) is 0.727. The van der Waals surface area contributed by atoms with Gasteiger partial charge in [-0.05, 0) is 23.8 Å². The zero-order valence-corrected chi connectivity index (χ0v) is 11.3. The summed E-state index contributed by atoms with van der Waals surface area (Å²) in [6.45, 7) is 5.65. The van der Waals surface area contributed by atoms with Crippen LogP contribution in [0.1, 0.15) is 13.8 Å². The first-order chi connectivity index (χ1) is 8.89. The number of nitrogens with zero attached hydrogens (tertiary/aromatic N) is 3. The third kappa shape index (κ3) is 3.21. The van der Waals surface area contributed by atoms with Crippen LogP contribution in [0, 0.1) is 10.1 Å². The minimum atomic E-state index is -0.556. The Hall–Kier alpha value is -1.67. The Morgan fingerprint density at radius 2 is 2.47 bits per heavy atom.